The Bertz CT molecular complexity index is 591. The lowest BCUT2D eigenvalue weighted by atomic mass is 10.1. The van der Waals surface area contributed by atoms with E-state index < -0.39 is 14.9 Å². The minimum atomic E-state index is -2.76. The molecule has 1 aromatic heterocycles. The first kappa shape index (κ1) is 12.4. The monoisotopic (exact) mass is 317 g/mol. The molecule has 0 aliphatic heterocycles. The lowest BCUT2D eigenvalue weighted by Crippen LogP contribution is -2.06. The molecule has 17 heavy (non-hydrogen) atoms. The molecule has 5 nitrogen and oxygen atoms in total. The molecule has 1 N–H and O–H groups in total. The van der Waals surface area contributed by atoms with Gasteiger partial charge in [-0.1, -0.05) is 0 Å². The van der Waals surface area contributed by atoms with E-state index in [0.717, 1.165) is 5.39 Å². The Kier molecular flexibility index (Phi) is 3.69. The van der Waals surface area contributed by atoms with Crippen LogP contribution in [0.5, 0.6) is 0 Å². The zero-order valence-electron chi connectivity index (χ0n) is 8.42. The van der Waals surface area contributed by atoms with Gasteiger partial charge in [-0.25, -0.2) is 0 Å². The molecule has 0 radical (unpaired) electrons. The van der Waals surface area contributed by atoms with Crippen LogP contribution in [-0.4, -0.2) is 17.3 Å². The molecule has 1 aromatic carbocycles. The number of furan rings is 1. The SMILES string of the molecule is O=C(CO[P+](=O)O)c1cc2ccoc2cc1Br. The fourth-order valence-corrected chi connectivity index (χ4v) is 2.16. The first-order valence-corrected chi connectivity index (χ1v) is 6.49. The third-order valence-electron chi connectivity index (χ3n) is 2.15. The lowest BCUT2D eigenvalue weighted by Gasteiger charge is -2.00. The average Bonchev–Trinajstić information content (AvgIpc) is 2.71. The van der Waals surface area contributed by atoms with Crippen molar-refractivity contribution in [2.24, 2.45) is 0 Å². The van der Waals surface area contributed by atoms with E-state index in [9.17, 15) is 9.36 Å². The normalized spacial score (nSPS) is 11.8. The Balaban J connectivity index is 2.30. The number of benzene rings is 1. The van der Waals surface area contributed by atoms with Crippen molar-refractivity contribution in [1.82, 2.24) is 0 Å². The second-order valence-corrected chi connectivity index (χ2v) is 4.81. The molecule has 88 valence electrons. The van der Waals surface area contributed by atoms with Crippen LogP contribution in [0.15, 0.2) is 33.4 Å². The van der Waals surface area contributed by atoms with Gasteiger partial charge in [0.05, 0.1) is 6.26 Å². The zero-order chi connectivity index (χ0) is 12.4. The van der Waals surface area contributed by atoms with Crippen LogP contribution in [0.25, 0.3) is 11.0 Å². The van der Waals surface area contributed by atoms with E-state index in [-0.39, 0.29) is 5.78 Å². The van der Waals surface area contributed by atoms with E-state index in [4.69, 9.17) is 9.31 Å². The van der Waals surface area contributed by atoms with Crippen LogP contribution >= 0.6 is 24.2 Å². The summed E-state index contributed by atoms with van der Waals surface area (Å²) in [6.45, 7) is -0.437. The van der Waals surface area contributed by atoms with Crippen LogP contribution in [0.1, 0.15) is 10.4 Å². The number of hydrogen-bond acceptors (Lipinski definition) is 4. The summed E-state index contributed by atoms with van der Waals surface area (Å²) in [5, 5.41) is 0.782. The predicted molar refractivity (Wildman–Crippen MR) is 64.0 cm³/mol. The van der Waals surface area contributed by atoms with Crippen LogP contribution < -0.4 is 0 Å². The number of carbonyl (C=O) groups excluding carboxylic acids is 1. The fraction of sp³-hybridized carbons (Fsp3) is 0.100. The topological polar surface area (TPSA) is 76.7 Å². The molecule has 1 unspecified atom stereocenters. The summed E-state index contributed by atoms with van der Waals surface area (Å²) in [7, 11) is -2.76. The summed E-state index contributed by atoms with van der Waals surface area (Å²) < 4.78 is 20.4. The number of Topliss-reactive ketones (excluding diaryl/α,β-unsaturated/α-hetero) is 1. The zero-order valence-corrected chi connectivity index (χ0v) is 10.9. The van der Waals surface area contributed by atoms with Crippen molar-refractivity contribution in [2.45, 2.75) is 0 Å². The molecule has 1 heterocycles. The Morgan fingerprint density at radius 2 is 2.29 bits per heavy atom. The van der Waals surface area contributed by atoms with Gasteiger partial charge in [-0.05, 0) is 34.1 Å². The summed E-state index contributed by atoms with van der Waals surface area (Å²) >= 11 is 3.24. The highest BCUT2D eigenvalue weighted by molar-refractivity contribution is 9.10. The summed E-state index contributed by atoms with van der Waals surface area (Å²) in [5.41, 5.74) is 1.04. The first-order chi connectivity index (χ1) is 8.08. The standard InChI is InChI=1S/C10H6BrO5P/c11-8-4-10-6(1-2-15-10)3-7(8)9(12)5-16-17(13)14/h1-4H,5H2/p+1. The summed E-state index contributed by atoms with van der Waals surface area (Å²) in [4.78, 5) is 20.2. The van der Waals surface area contributed by atoms with Crippen LogP contribution in [0.2, 0.25) is 0 Å². The molecule has 0 bridgehead atoms. The van der Waals surface area contributed by atoms with Crippen molar-refractivity contribution in [3.8, 4) is 0 Å². The van der Waals surface area contributed by atoms with Crippen molar-refractivity contribution in [3.05, 3.63) is 34.5 Å². The molecule has 0 amide bonds. The molecular formula is C10H7BrO5P+. The van der Waals surface area contributed by atoms with E-state index in [0.29, 0.717) is 15.6 Å². The number of halogens is 1. The smallest absolute Gasteiger partial charge is 0.464 e. The molecule has 0 saturated heterocycles. The number of fused-ring (bicyclic) bond motifs is 1. The first-order valence-electron chi connectivity index (χ1n) is 4.57. The van der Waals surface area contributed by atoms with Gasteiger partial charge in [0.15, 0.2) is 12.4 Å². The second-order valence-electron chi connectivity index (χ2n) is 3.22. The van der Waals surface area contributed by atoms with E-state index >= 15 is 0 Å². The van der Waals surface area contributed by atoms with Crippen molar-refractivity contribution in [2.75, 3.05) is 6.61 Å². The molecule has 0 aliphatic carbocycles. The molecular weight excluding hydrogens is 311 g/mol. The number of rotatable bonds is 4. The van der Waals surface area contributed by atoms with Gasteiger partial charge in [0.1, 0.15) is 5.58 Å². The van der Waals surface area contributed by atoms with E-state index in [1.54, 1.807) is 18.2 Å². The highest BCUT2D eigenvalue weighted by Gasteiger charge is 2.19. The van der Waals surface area contributed by atoms with Gasteiger partial charge in [-0.15, -0.1) is 9.42 Å². The van der Waals surface area contributed by atoms with Crippen molar-refractivity contribution < 1.29 is 23.2 Å². The number of carbonyl (C=O) groups is 1. The van der Waals surface area contributed by atoms with Crippen LogP contribution in [0, 0.1) is 0 Å². The van der Waals surface area contributed by atoms with Crippen LogP contribution in [-0.2, 0) is 9.09 Å². The molecule has 7 heteroatoms. The minimum absolute atomic E-state index is 0.377. The highest BCUT2D eigenvalue weighted by Crippen LogP contribution is 2.26. The van der Waals surface area contributed by atoms with Crippen LogP contribution in [0.3, 0.4) is 0 Å². The molecule has 0 aliphatic rings. The Morgan fingerprint density at radius 1 is 1.53 bits per heavy atom. The van der Waals surface area contributed by atoms with Gasteiger partial charge in [-0.2, -0.15) is 0 Å². The van der Waals surface area contributed by atoms with E-state index in [2.05, 4.69) is 20.5 Å². The molecule has 1 atom stereocenters. The maximum Gasteiger partial charge on any atom is 0.695 e. The predicted octanol–water partition coefficient (Wildman–Crippen LogP) is 3.04. The number of ketones is 1. The summed E-state index contributed by atoms with van der Waals surface area (Å²) in [5.74, 6) is -0.377. The molecule has 2 rings (SSSR count). The second kappa shape index (κ2) is 5.06. The quantitative estimate of drug-likeness (QED) is 0.692. The van der Waals surface area contributed by atoms with Gasteiger partial charge in [0.2, 0.25) is 0 Å². The van der Waals surface area contributed by atoms with Gasteiger partial charge < -0.3 is 4.42 Å². The maximum atomic E-state index is 11.7. The number of hydrogen-bond donors (Lipinski definition) is 1. The molecule has 0 saturated carbocycles. The maximum absolute atomic E-state index is 11.7. The largest absolute Gasteiger partial charge is 0.695 e. The Morgan fingerprint density at radius 3 is 3.00 bits per heavy atom. The Labute approximate surface area is 105 Å². The van der Waals surface area contributed by atoms with Crippen molar-refractivity contribution in [3.63, 3.8) is 0 Å². The van der Waals surface area contributed by atoms with Gasteiger partial charge in [-0.3, -0.25) is 4.79 Å². The van der Waals surface area contributed by atoms with Gasteiger partial charge in [0, 0.05) is 20.0 Å². The van der Waals surface area contributed by atoms with E-state index in [1.807, 2.05) is 0 Å². The highest BCUT2D eigenvalue weighted by atomic mass is 79.9. The lowest BCUT2D eigenvalue weighted by molar-refractivity contribution is 0.0916. The van der Waals surface area contributed by atoms with Crippen LogP contribution in [0.4, 0.5) is 0 Å². The Hall–Kier alpha value is -1.07. The fourth-order valence-electron chi connectivity index (χ4n) is 1.39. The summed E-state index contributed by atoms with van der Waals surface area (Å²) in [6.07, 6.45) is 1.52. The molecule has 2 aromatic rings. The van der Waals surface area contributed by atoms with Gasteiger partial charge >= 0.3 is 8.25 Å². The van der Waals surface area contributed by atoms with Crippen molar-refractivity contribution >= 4 is 40.9 Å². The third-order valence-corrected chi connectivity index (χ3v) is 3.15. The average molecular weight is 318 g/mol. The molecule has 0 fully saturated rings. The summed E-state index contributed by atoms with van der Waals surface area (Å²) in [6, 6.07) is 5.03. The van der Waals surface area contributed by atoms with Gasteiger partial charge in [0.25, 0.3) is 0 Å². The molecule has 0 spiro atoms. The van der Waals surface area contributed by atoms with Crippen molar-refractivity contribution in [1.29, 1.82) is 0 Å². The van der Waals surface area contributed by atoms with E-state index in [1.165, 1.54) is 6.26 Å². The minimum Gasteiger partial charge on any atom is -0.464 e. The third kappa shape index (κ3) is 2.79.